The van der Waals surface area contributed by atoms with Crippen LogP contribution in [0.5, 0.6) is 0 Å². The summed E-state index contributed by atoms with van der Waals surface area (Å²) in [7, 11) is -2.22. The molecule has 20 heavy (non-hydrogen) atoms. The monoisotopic (exact) mass is 296 g/mol. The van der Waals surface area contributed by atoms with E-state index in [-0.39, 0.29) is 17.5 Å². The molecule has 0 atom stereocenters. The summed E-state index contributed by atoms with van der Waals surface area (Å²) in [6.45, 7) is 0.0522. The number of anilines is 2. The van der Waals surface area contributed by atoms with Gasteiger partial charge < -0.3 is 15.4 Å². The van der Waals surface area contributed by atoms with E-state index in [4.69, 9.17) is 10.8 Å². The molecule has 4 N–H and O–H groups in total. The SMILES string of the molecule is Cn1cnc(N)c1S(=O)(=O)Nc1ccc(CCO)cc1. The van der Waals surface area contributed by atoms with E-state index < -0.39 is 10.0 Å². The Morgan fingerprint density at radius 1 is 1.35 bits per heavy atom. The number of benzene rings is 1. The van der Waals surface area contributed by atoms with E-state index in [1.54, 1.807) is 31.3 Å². The summed E-state index contributed by atoms with van der Waals surface area (Å²) in [5.41, 5.74) is 6.92. The maximum atomic E-state index is 12.2. The second-order valence-corrected chi connectivity index (χ2v) is 5.92. The number of hydrogen-bond acceptors (Lipinski definition) is 5. The van der Waals surface area contributed by atoms with Crippen molar-refractivity contribution in [3.63, 3.8) is 0 Å². The zero-order valence-electron chi connectivity index (χ0n) is 10.9. The summed E-state index contributed by atoms with van der Waals surface area (Å²) in [6.07, 6.45) is 1.87. The van der Waals surface area contributed by atoms with Gasteiger partial charge in [-0.2, -0.15) is 8.42 Å². The van der Waals surface area contributed by atoms with Gasteiger partial charge in [0.2, 0.25) is 0 Å². The van der Waals surface area contributed by atoms with Crippen molar-refractivity contribution in [3.05, 3.63) is 36.2 Å². The highest BCUT2D eigenvalue weighted by atomic mass is 32.2. The van der Waals surface area contributed by atoms with Crippen LogP contribution in [0.25, 0.3) is 0 Å². The van der Waals surface area contributed by atoms with Crippen LogP contribution in [-0.2, 0) is 23.5 Å². The lowest BCUT2D eigenvalue weighted by atomic mass is 10.1. The summed E-state index contributed by atoms with van der Waals surface area (Å²) >= 11 is 0. The van der Waals surface area contributed by atoms with Gasteiger partial charge >= 0.3 is 0 Å². The molecule has 8 heteroatoms. The zero-order chi connectivity index (χ0) is 14.8. The topological polar surface area (TPSA) is 110 Å². The molecule has 0 aliphatic carbocycles. The Labute approximate surface area is 117 Å². The van der Waals surface area contributed by atoms with Crippen LogP contribution in [0.2, 0.25) is 0 Å². The van der Waals surface area contributed by atoms with Gasteiger partial charge in [-0.05, 0) is 24.1 Å². The molecule has 1 aromatic carbocycles. The normalized spacial score (nSPS) is 11.5. The number of sulfonamides is 1. The maximum absolute atomic E-state index is 12.2. The number of nitrogens with zero attached hydrogens (tertiary/aromatic N) is 2. The highest BCUT2D eigenvalue weighted by molar-refractivity contribution is 7.92. The van der Waals surface area contributed by atoms with E-state index in [1.165, 1.54) is 10.9 Å². The van der Waals surface area contributed by atoms with Crippen molar-refractivity contribution in [2.75, 3.05) is 17.1 Å². The molecular weight excluding hydrogens is 280 g/mol. The molecule has 7 nitrogen and oxygen atoms in total. The van der Waals surface area contributed by atoms with E-state index in [9.17, 15) is 8.42 Å². The first kappa shape index (κ1) is 14.4. The number of imidazole rings is 1. The molecule has 2 rings (SSSR count). The molecule has 0 saturated carbocycles. The van der Waals surface area contributed by atoms with E-state index >= 15 is 0 Å². The summed E-state index contributed by atoms with van der Waals surface area (Å²) < 4.78 is 28.2. The number of aromatic nitrogens is 2. The van der Waals surface area contributed by atoms with Crippen LogP contribution in [0.1, 0.15) is 5.56 Å². The highest BCUT2D eigenvalue weighted by Gasteiger charge is 2.22. The van der Waals surface area contributed by atoms with E-state index in [0.29, 0.717) is 12.1 Å². The fourth-order valence-electron chi connectivity index (χ4n) is 1.84. The molecule has 0 unspecified atom stereocenters. The quantitative estimate of drug-likeness (QED) is 0.737. The predicted octanol–water partition coefficient (Wildman–Crippen LogP) is 0.338. The van der Waals surface area contributed by atoms with Crippen molar-refractivity contribution in [1.29, 1.82) is 0 Å². The number of aryl methyl sites for hydroxylation is 1. The van der Waals surface area contributed by atoms with Gasteiger partial charge in [-0.3, -0.25) is 4.72 Å². The van der Waals surface area contributed by atoms with Crippen molar-refractivity contribution < 1.29 is 13.5 Å². The average Bonchev–Trinajstić information content (AvgIpc) is 2.72. The van der Waals surface area contributed by atoms with Crippen LogP contribution in [-0.4, -0.2) is 29.7 Å². The molecular formula is C12H16N4O3S. The van der Waals surface area contributed by atoms with Gasteiger partial charge in [0.25, 0.3) is 10.0 Å². The molecule has 0 spiro atoms. The third-order valence-corrected chi connectivity index (χ3v) is 4.28. The molecule has 0 saturated heterocycles. The summed E-state index contributed by atoms with van der Waals surface area (Å²) in [5, 5.41) is 8.75. The Bertz CT molecular complexity index is 672. The maximum Gasteiger partial charge on any atom is 0.281 e. The minimum Gasteiger partial charge on any atom is -0.396 e. The third kappa shape index (κ3) is 2.91. The fraction of sp³-hybridized carbons (Fsp3) is 0.250. The van der Waals surface area contributed by atoms with Crippen LogP contribution in [0, 0.1) is 0 Å². The molecule has 0 aliphatic heterocycles. The number of rotatable bonds is 5. The van der Waals surface area contributed by atoms with Gasteiger partial charge in [0.05, 0.1) is 6.33 Å². The largest absolute Gasteiger partial charge is 0.396 e. The minimum atomic E-state index is -3.78. The van der Waals surface area contributed by atoms with Gasteiger partial charge in [0.15, 0.2) is 10.8 Å². The Kier molecular flexibility index (Phi) is 3.96. The fourth-order valence-corrected chi connectivity index (χ4v) is 3.13. The van der Waals surface area contributed by atoms with Crippen molar-refractivity contribution >= 4 is 21.5 Å². The summed E-state index contributed by atoms with van der Waals surface area (Å²) in [5.74, 6) is -0.0445. The lowest BCUT2D eigenvalue weighted by molar-refractivity contribution is 0.299. The first-order chi connectivity index (χ1) is 9.44. The minimum absolute atomic E-state index is 0.0445. The first-order valence-electron chi connectivity index (χ1n) is 5.93. The van der Waals surface area contributed by atoms with Gasteiger partial charge in [0, 0.05) is 19.3 Å². The predicted molar refractivity (Wildman–Crippen MR) is 75.7 cm³/mol. The van der Waals surface area contributed by atoms with Crippen molar-refractivity contribution in [2.24, 2.45) is 7.05 Å². The van der Waals surface area contributed by atoms with Crippen molar-refractivity contribution in [1.82, 2.24) is 9.55 Å². The smallest absolute Gasteiger partial charge is 0.281 e. The van der Waals surface area contributed by atoms with Gasteiger partial charge in [-0.1, -0.05) is 12.1 Å². The molecule has 2 aromatic rings. The number of nitrogens with two attached hydrogens (primary N) is 1. The van der Waals surface area contributed by atoms with Crippen LogP contribution in [0.15, 0.2) is 35.6 Å². The van der Waals surface area contributed by atoms with Gasteiger partial charge in [0.1, 0.15) is 0 Å². The molecule has 0 radical (unpaired) electrons. The Balaban J connectivity index is 2.24. The van der Waals surface area contributed by atoms with Crippen LogP contribution >= 0.6 is 0 Å². The molecule has 1 heterocycles. The number of aliphatic hydroxyl groups excluding tert-OH is 1. The standard InChI is InChI=1S/C12H16N4O3S/c1-16-8-14-11(13)12(16)20(18,19)15-10-4-2-9(3-5-10)6-7-17/h2-5,8,15,17H,6-7,13H2,1H3. The second-order valence-electron chi connectivity index (χ2n) is 4.32. The van der Waals surface area contributed by atoms with E-state index in [2.05, 4.69) is 9.71 Å². The van der Waals surface area contributed by atoms with Crippen LogP contribution in [0.4, 0.5) is 11.5 Å². The third-order valence-electron chi connectivity index (χ3n) is 2.77. The second kappa shape index (κ2) is 5.51. The zero-order valence-corrected chi connectivity index (χ0v) is 11.8. The highest BCUT2D eigenvalue weighted by Crippen LogP contribution is 2.20. The van der Waals surface area contributed by atoms with Crippen LogP contribution < -0.4 is 10.5 Å². The Morgan fingerprint density at radius 3 is 2.50 bits per heavy atom. The summed E-state index contributed by atoms with van der Waals surface area (Å²) in [4.78, 5) is 3.76. The molecule has 0 aliphatic rings. The molecule has 0 fully saturated rings. The Hall–Kier alpha value is -2.06. The molecule has 1 aromatic heterocycles. The summed E-state index contributed by atoms with van der Waals surface area (Å²) in [6, 6.07) is 6.77. The first-order valence-corrected chi connectivity index (χ1v) is 7.42. The van der Waals surface area contributed by atoms with Crippen molar-refractivity contribution in [2.45, 2.75) is 11.4 Å². The van der Waals surface area contributed by atoms with Gasteiger partial charge in [-0.15, -0.1) is 0 Å². The molecule has 0 amide bonds. The number of hydrogen-bond donors (Lipinski definition) is 3. The lowest BCUT2D eigenvalue weighted by Gasteiger charge is -2.09. The molecule has 0 bridgehead atoms. The number of nitrogens with one attached hydrogen (secondary N) is 1. The van der Waals surface area contributed by atoms with Crippen LogP contribution in [0.3, 0.4) is 0 Å². The average molecular weight is 296 g/mol. The number of nitrogen functional groups attached to an aromatic ring is 1. The Morgan fingerprint density at radius 2 is 2.00 bits per heavy atom. The van der Waals surface area contributed by atoms with Crippen molar-refractivity contribution in [3.8, 4) is 0 Å². The van der Waals surface area contributed by atoms with E-state index in [0.717, 1.165) is 5.56 Å². The van der Waals surface area contributed by atoms with E-state index in [1.807, 2.05) is 0 Å². The molecule has 108 valence electrons. The van der Waals surface area contributed by atoms with Gasteiger partial charge in [-0.25, -0.2) is 4.98 Å². The lowest BCUT2D eigenvalue weighted by Crippen LogP contribution is -2.17. The number of aliphatic hydroxyl groups is 1.